The van der Waals surface area contributed by atoms with Crippen molar-refractivity contribution in [2.75, 3.05) is 49.2 Å². The first kappa shape index (κ1) is 16.4. The molecule has 4 rings (SSSR count). The fourth-order valence-electron chi connectivity index (χ4n) is 3.56. The number of piperidine rings is 1. The van der Waals surface area contributed by atoms with E-state index in [-0.39, 0.29) is 0 Å². The summed E-state index contributed by atoms with van der Waals surface area (Å²) in [5, 5.41) is 3.67. The highest BCUT2D eigenvalue weighted by Gasteiger charge is 2.22. The Bertz CT molecular complexity index is 655. The molecule has 0 aromatic carbocycles. The molecule has 2 fully saturated rings. The third kappa shape index (κ3) is 4.11. The summed E-state index contributed by atoms with van der Waals surface area (Å²) in [6, 6.07) is 4.73. The second kappa shape index (κ2) is 7.84. The number of nitrogens with zero attached hydrogens (tertiary/aromatic N) is 4. The minimum absolute atomic E-state index is 0.491. The van der Waals surface area contributed by atoms with Gasteiger partial charge in [-0.2, -0.15) is 0 Å². The van der Waals surface area contributed by atoms with Gasteiger partial charge < -0.3 is 24.8 Å². The van der Waals surface area contributed by atoms with Crippen molar-refractivity contribution in [1.29, 1.82) is 0 Å². The summed E-state index contributed by atoms with van der Waals surface area (Å²) in [5.74, 6) is 2.04. The van der Waals surface area contributed by atoms with Crippen LogP contribution in [-0.4, -0.2) is 60.4 Å². The molecule has 2 aliphatic heterocycles. The summed E-state index contributed by atoms with van der Waals surface area (Å²) in [6.45, 7) is 6.30. The van der Waals surface area contributed by atoms with E-state index in [0.717, 1.165) is 57.6 Å². The van der Waals surface area contributed by atoms with Crippen LogP contribution in [0, 0.1) is 0 Å². The zero-order valence-corrected chi connectivity index (χ0v) is 14.5. The van der Waals surface area contributed by atoms with Crippen molar-refractivity contribution in [3.05, 3.63) is 36.4 Å². The zero-order chi connectivity index (χ0) is 16.9. The number of aromatic amines is 1. The fraction of sp³-hybridized carbons (Fsp3) is 0.556. The van der Waals surface area contributed by atoms with Crippen molar-refractivity contribution < 1.29 is 4.74 Å². The maximum atomic E-state index is 5.43. The molecule has 0 radical (unpaired) electrons. The molecule has 7 nitrogen and oxygen atoms in total. The van der Waals surface area contributed by atoms with Crippen molar-refractivity contribution in [1.82, 2.24) is 20.3 Å². The maximum Gasteiger partial charge on any atom is 0.134 e. The first-order valence-electron chi connectivity index (χ1n) is 9.13. The molecule has 7 heteroatoms. The van der Waals surface area contributed by atoms with E-state index in [1.165, 1.54) is 18.4 Å². The van der Waals surface area contributed by atoms with Gasteiger partial charge in [-0.3, -0.25) is 0 Å². The lowest BCUT2D eigenvalue weighted by Gasteiger charge is -2.35. The highest BCUT2D eigenvalue weighted by Crippen LogP contribution is 2.22. The molecule has 134 valence electrons. The van der Waals surface area contributed by atoms with Gasteiger partial charge in [0.15, 0.2) is 0 Å². The molecule has 2 N–H and O–H groups in total. The van der Waals surface area contributed by atoms with Crippen molar-refractivity contribution in [3.8, 4) is 0 Å². The highest BCUT2D eigenvalue weighted by atomic mass is 16.5. The molecule has 0 aliphatic carbocycles. The van der Waals surface area contributed by atoms with Crippen molar-refractivity contribution in [3.63, 3.8) is 0 Å². The maximum absolute atomic E-state index is 5.43. The minimum Gasteiger partial charge on any atom is -0.378 e. The summed E-state index contributed by atoms with van der Waals surface area (Å²) in [7, 11) is 0. The SMILES string of the molecule is c1nc(N2CCOCC2)cc(N2CCC[C@H](NCc3cc[nH]c3)C2)n1. The van der Waals surface area contributed by atoms with E-state index in [1.807, 2.05) is 12.4 Å². The van der Waals surface area contributed by atoms with Gasteiger partial charge in [-0.15, -0.1) is 0 Å². The summed E-state index contributed by atoms with van der Waals surface area (Å²) in [5.41, 5.74) is 1.30. The third-order valence-electron chi connectivity index (χ3n) is 4.98. The number of anilines is 2. The second-order valence-corrected chi connectivity index (χ2v) is 6.72. The second-order valence-electron chi connectivity index (χ2n) is 6.72. The lowest BCUT2D eigenvalue weighted by Crippen LogP contribution is -2.46. The molecule has 0 saturated carbocycles. The van der Waals surface area contributed by atoms with Crippen molar-refractivity contribution in [2.24, 2.45) is 0 Å². The summed E-state index contributed by atoms with van der Waals surface area (Å²) >= 11 is 0. The molecule has 2 saturated heterocycles. The predicted octanol–water partition coefficient (Wildman–Crippen LogP) is 1.40. The number of rotatable bonds is 5. The molecule has 1 atom stereocenters. The Hall–Kier alpha value is -2.12. The van der Waals surface area contributed by atoms with Crippen LogP contribution in [0.5, 0.6) is 0 Å². The third-order valence-corrected chi connectivity index (χ3v) is 4.98. The lowest BCUT2D eigenvalue weighted by molar-refractivity contribution is 0.122. The van der Waals surface area contributed by atoms with E-state index in [4.69, 9.17) is 4.74 Å². The molecule has 0 spiro atoms. The minimum atomic E-state index is 0.491. The van der Waals surface area contributed by atoms with Gasteiger partial charge in [0, 0.05) is 57.2 Å². The van der Waals surface area contributed by atoms with Crippen LogP contribution in [0.15, 0.2) is 30.9 Å². The lowest BCUT2D eigenvalue weighted by atomic mass is 10.1. The predicted molar refractivity (Wildman–Crippen MR) is 97.9 cm³/mol. The van der Waals surface area contributed by atoms with Crippen LogP contribution in [-0.2, 0) is 11.3 Å². The van der Waals surface area contributed by atoms with E-state index in [0.29, 0.717) is 6.04 Å². The van der Waals surface area contributed by atoms with Gasteiger partial charge in [0.1, 0.15) is 18.0 Å². The normalized spacial score (nSPS) is 21.5. The van der Waals surface area contributed by atoms with E-state index in [2.05, 4.69) is 42.2 Å². The van der Waals surface area contributed by atoms with E-state index < -0.39 is 0 Å². The number of hydrogen-bond acceptors (Lipinski definition) is 6. The average Bonchev–Trinajstić information content (AvgIpc) is 3.21. The smallest absolute Gasteiger partial charge is 0.134 e. The quantitative estimate of drug-likeness (QED) is 0.856. The molecule has 2 aromatic heterocycles. The monoisotopic (exact) mass is 342 g/mol. The number of hydrogen-bond donors (Lipinski definition) is 2. The molecule has 2 aromatic rings. The first-order valence-corrected chi connectivity index (χ1v) is 9.13. The van der Waals surface area contributed by atoms with Crippen molar-refractivity contribution >= 4 is 11.6 Å². The zero-order valence-electron chi connectivity index (χ0n) is 14.5. The number of nitrogens with one attached hydrogen (secondary N) is 2. The number of H-pyrrole nitrogens is 1. The van der Waals surface area contributed by atoms with Gasteiger partial charge in [0.25, 0.3) is 0 Å². The van der Waals surface area contributed by atoms with Crippen LogP contribution >= 0.6 is 0 Å². The molecule has 25 heavy (non-hydrogen) atoms. The molecule has 0 bridgehead atoms. The van der Waals surface area contributed by atoms with Gasteiger partial charge in [-0.1, -0.05) is 0 Å². The average molecular weight is 342 g/mol. The van der Waals surface area contributed by atoms with Gasteiger partial charge in [0.2, 0.25) is 0 Å². The molecule has 4 heterocycles. The Morgan fingerprint density at radius 3 is 2.80 bits per heavy atom. The van der Waals surface area contributed by atoms with Gasteiger partial charge in [-0.05, 0) is 24.5 Å². The van der Waals surface area contributed by atoms with E-state index in [1.54, 1.807) is 6.33 Å². The van der Waals surface area contributed by atoms with Crippen LogP contribution < -0.4 is 15.1 Å². The van der Waals surface area contributed by atoms with E-state index in [9.17, 15) is 0 Å². The van der Waals surface area contributed by atoms with Crippen molar-refractivity contribution in [2.45, 2.75) is 25.4 Å². The largest absolute Gasteiger partial charge is 0.378 e. The Labute approximate surface area is 148 Å². The fourth-order valence-corrected chi connectivity index (χ4v) is 3.56. The summed E-state index contributed by atoms with van der Waals surface area (Å²) in [6.07, 6.45) is 8.10. The van der Waals surface area contributed by atoms with Gasteiger partial charge in [-0.25, -0.2) is 9.97 Å². The Morgan fingerprint density at radius 1 is 1.16 bits per heavy atom. The number of aromatic nitrogens is 3. The van der Waals surface area contributed by atoms with Crippen LogP contribution in [0.3, 0.4) is 0 Å². The number of morpholine rings is 1. The summed E-state index contributed by atoms with van der Waals surface area (Å²) < 4.78 is 5.43. The van der Waals surface area contributed by atoms with Gasteiger partial charge >= 0.3 is 0 Å². The first-order chi connectivity index (χ1) is 12.4. The number of ether oxygens (including phenoxy) is 1. The molecule has 0 amide bonds. The highest BCUT2D eigenvalue weighted by molar-refractivity contribution is 5.50. The Balaban J connectivity index is 1.38. The molecule has 0 unspecified atom stereocenters. The van der Waals surface area contributed by atoms with Crippen LogP contribution in [0.4, 0.5) is 11.6 Å². The Morgan fingerprint density at radius 2 is 2.00 bits per heavy atom. The molecule has 2 aliphatic rings. The van der Waals surface area contributed by atoms with Crippen LogP contribution in [0.25, 0.3) is 0 Å². The van der Waals surface area contributed by atoms with Gasteiger partial charge in [0.05, 0.1) is 13.2 Å². The standard InChI is InChI=1S/C18H26N6O/c1-2-16(20-12-15-3-4-19-11-15)13-24(5-1)18-10-17(21-14-22-18)23-6-8-25-9-7-23/h3-4,10-11,14,16,19-20H,1-2,5-9,12-13H2/t16-/m0/s1. The summed E-state index contributed by atoms with van der Waals surface area (Å²) in [4.78, 5) is 16.8. The van der Waals surface area contributed by atoms with E-state index >= 15 is 0 Å². The Kier molecular flexibility index (Phi) is 5.13. The molecular weight excluding hydrogens is 316 g/mol. The topological polar surface area (TPSA) is 69.3 Å². The van der Waals surface area contributed by atoms with Crippen LogP contribution in [0.2, 0.25) is 0 Å². The molecular formula is C18H26N6O. The van der Waals surface area contributed by atoms with Crippen LogP contribution in [0.1, 0.15) is 18.4 Å².